The highest BCUT2D eigenvalue weighted by Gasteiger charge is 2.25. The Hall–Kier alpha value is -2.19. The van der Waals surface area contributed by atoms with Gasteiger partial charge in [0.25, 0.3) is 5.69 Å². The first-order valence-corrected chi connectivity index (χ1v) is 5.34. The molecule has 0 spiro atoms. The number of carboxylic acids is 1. The average Bonchev–Trinajstić information content (AvgIpc) is 2.38. The van der Waals surface area contributed by atoms with Crippen LogP contribution >= 0.6 is 0 Å². The number of carbonyl (C=O) groups is 1. The molecule has 0 saturated heterocycles. The van der Waals surface area contributed by atoms with Gasteiger partial charge in [-0.3, -0.25) is 10.1 Å². The van der Waals surface area contributed by atoms with Gasteiger partial charge < -0.3 is 20.6 Å². The zero-order valence-electron chi connectivity index (χ0n) is 10.2. The Morgan fingerprint density at radius 3 is 2.42 bits per heavy atom. The molecule has 0 aliphatic rings. The number of carboxylic acid groups (broad SMARTS) is 1. The molecule has 19 heavy (non-hydrogen) atoms. The number of nitrogens with zero attached hydrogens (tertiary/aromatic N) is 1. The number of hydrogen-bond donors (Lipinski definition) is 4. The van der Waals surface area contributed by atoms with E-state index in [1.54, 1.807) is 0 Å². The molecule has 1 aromatic rings. The van der Waals surface area contributed by atoms with Crippen molar-refractivity contribution in [3.63, 3.8) is 0 Å². The Morgan fingerprint density at radius 2 is 2.00 bits per heavy atom. The van der Waals surface area contributed by atoms with Gasteiger partial charge in [0.2, 0.25) is 0 Å². The topological polar surface area (TPSA) is 133 Å². The van der Waals surface area contributed by atoms with Crippen LogP contribution in [-0.4, -0.2) is 45.0 Å². The number of rotatable bonds is 6. The fraction of sp³-hybridized carbons (Fsp3) is 0.364. The summed E-state index contributed by atoms with van der Waals surface area (Å²) < 4.78 is 0. The van der Waals surface area contributed by atoms with Crippen molar-refractivity contribution in [2.45, 2.75) is 12.5 Å². The predicted molar refractivity (Wildman–Crippen MR) is 66.3 cm³/mol. The fourth-order valence-electron chi connectivity index (χ4n) is 1.42. The lowest BCUT2D eigenvalue weighted by molar-refractivity contribution is -0.385. The number of nitro groups is 1. The molecule has 0 heterocycles. The fourth-order valence-corrected chi connectivity index (χ4v) is 1.42. The van der Waals surface area contributed by atoms with E-state index < -0.39 is 27.7 Å². The zero-order valence-corrected chi connectivity index (χ0v) is 10.2. The zero-order chi connectivity index (χ0) is 14.6. The minimum absolute atomic E-state index is 0.258. The van der Waals surface area contributed by atoms with E-state index in [0.717, 1.165) is 12.1 Å². The second-order valence-corrected chi connectivity index (χ2v) is 4.30. The van der Waals surface area contributed by atoms with E-state index in [-0.39, 0.29) is 18.9 Å². The quantitative estimate of drug-likeness (QED) is 0.435. The standard InChI is InChI=1S/C11H14N2O6/c1-11(5-14,6-15)12-7-2-3-9(13(18)19)8(4-7)10(16)17/h2-4,12,14-15H,5-6H2,1H3,(H,16,17). The predicted octanol–water partition coefficient (Wildman–Crippen LogP) is 0.448. The molecule has 0 radical (unpaired) electrons. The van der Waals surface area contributed by atoms with Crippen LogP contribution in [0.15, 0.2) is 18.2 Å². The maximum atomic E-state index is 11.0. The number of hydrogen-bond acceptors (Lipinski definition) is 6. The van der Waals surface area contributed by atoms with Crippen molar-refractivity contribution < 1.29 is 25.0 Å². The second-order valence-electron chi connectivity index (χ2n) is 4.30. The van der Waals surface area contributed by atoms with Crippen LogP contribution in [0.4, 0.5) is 11.4 Å². The molecular weight excluding hydrogens is 256 g/mol. The number of aliphatic hydroxyl groups excluding tert-OH is 2. The van der Waals surface area contributed by atoms with Crippen molar-refractivity contribution in [2.24, 2.45) is 0 Å². The minimum atomic E-state index is -1.43. The minimum Gasteiger partial charge on any atom is -0.477 e. The van der Waals surface area contributed by atoms with Gasteiger partial charge in [0.15, 0.2) is 0 Å². The van der Waals surface area contributed by atoms with Gasteiger partial charge in [0.1, 0.15) is 5.56 Å². The van der Waals surface area contributed by atoms with Gasteiger partial charge in [0, 0.05) is 11.8 Å². The first-order valence-electron chi connectivity index (χ1n) is 5.34. The smallest absolute Gasteiger partial charge is 0.342 e. The Balaban J connectivity index is 3.16. The monoisotopic (exact) mass is 270 g/mol. The molecule has 8 nitrogen and oxygen atoms in total. The van der Waals surface area contributed by atoms with Crippen LogP contribution in [0.2, 0.25) is 0 Å². The summed E-state index contributed by atoms with van der Waals surface area (Å²) in [6.07, 6.45) is 0. The molecule has 0 aliphatic heterocycles. The van der Waals surface area contributed by atoms with Crippen molar-refractivity contribution in [1.82, 2.24) is 0 Å². The van der Waals surface area contributed by atoms with E-state index in [1.807, 2.05) is 0 Å². The van der Waals surface area contributed by atoms with Crippen molar-refractivity contribution in [3.05, 3.63) is 33.9 Å². The molecular formula is C11H14N2O6. The molecule has 0 aromatic heterocycles. The van der Waals surface area contributed by atoms with Gasteiger partial charge in [0.05, 0.1) is 23.7 Å². The van der Waals surface area contributed by atoms with Crippen molar-refractivity contribution in [3.8, 4) is 0 Å². The van der Waals surface area contributed by atoms with Crippen LogP contribution in [0, 0.1) is 10.1 Å². The molecule has 0 saturated carbocycles. The van der Waals surface area contributed by atoms with E-state index in [4.69, 9.17) is 15.3 Å². The molecule has 0 bridgehead atoms. The molecule has 0 fully saturated rings. The second kappa shape index (κ2) is 5.63. The molecule has 8 heteroatoms. The molecule has 104 valence electrons. The molecule has 1 aromatic carbocycles. The van der Waals surface area contributed by atoms with Gasteiger partial charge in [-0.15, -0.1) is 0 Å². The lowest BCUT2D eigenvalue weighted by Gasteiger charge is -2.27. The third-order valence-corrected chi connectivity index (χ3v) is 2.57. The van der Waals surface area contributed by atoms with Crippen molar-refractivity contribution >= 4 is 17.3 Å². The highest BCUT2D eigenvalue weighted by Crippen LogP contribution is 2.24. The van der Waals surface area contributed by atoms with Gasteiger partial charge in [-0.1, -0.05) is 0 Å². The number of aromatic carboxylic acids is 1. The third-order valence-electron chi connectivity index (χ3n) is 2.57. The van der Waals surface area contributed by atoms with E-state index in [2.05, 4.69) is 5.32 Å². The average molecular weight is 270 g/mol. The first-order chi connectivity index (χ1) is 8.83. The Morgan fingerprint density at radius 1 is 1.42 bits per heavy atom. The molecule has 0 amide bonds. The lowest BCUT2D eigenvalue weighted by atomic mass is 10.0. The Bertz CT molecular complexity index is 498. The Labute approximate surface area is 108 Å². The van der Waals surface area contributed by atoms with Crippen LogP contribution in [0.25, 0.3) is 0 Å². The maximum absolute atomic E-state index is 11.0. The molecule has 4 N–H and O–H groups in total. The summed E-state index contributed by atoms with van der Waals surface area (Å²) in [5.74, 6) is -1.43. The summed E-state index contributed by atoms with van der Waals surface area (Å²) in [5, 5.41) is 40.6. The molecule has 1 rings (SSSR count). The van der Waals surface area contributed by atoms with Crippen LogP contribution < -0.4 is 5.32 Å². The van der Waals surface area contributed by atoms with Gasteiger partial charge in [-0.2, -0.15) is 0 Å². The number of nitro benzene ring substituents is 1. The number of anilines is 1. The van der Waals surface area contributed by atoms with E-state index in [9.17, 15) is 14.9 Å². The van der Waals surface area contributed by atoms with Gasteiger partial charge in [-0.25, -0.2) is 4.79 Å². The van der Waals surface area contributed by atoms with Gasteiger partial charge in [-0.05, 0) is 19.1 Å². The maximum Gasteiger partial charge on any atom is 0.342 e. The summed E-state index contributed by atoms with van der Waals surface area (Å²) in [6.45, 7) is 0.751. The Kier molecular flexibility index (Phi) is 4.41. The third kappa shape index (κ3) is 3.39. The van der Waals surface area contributed by atoms with Crippen LogP contribution in [-0.2, 0) is 0 Å². The summed E-state index contributed by atoms with van der Waals surface area (Å²) in [7, 11) is 0. The van der Waals surface area contributed by atoms with E-state index in [1.165, 1.54) is 13.0 Å². The van der Waals surface area contributed by atoms with Crippen molar-refractivity contribution in [1.29, 1.82) is 0 Å². The largest absolute Gasteiger partial charge is 0.477 e. The summed E-state index contributed by atoms with van der Waals surface area (Å²) in [6, 6.07) is 3.46. The van der Waals surface area contributed by atoms with Gasteiger partial charge >= 0.3 is 5.97 Å². The van der Waals surface area contributed by atoms with E-state index >= 15 is 0 Å². The summed E-state index contributed by atoms with van der Waals surface area (Å²) in [5.41, 5.74) is -1.78. The molecule has 0 atom stereocenters. The highest BCUT2D eigenvalue weighted by atomic mass is 16.6. The number of benzene rings is 1. The first kappa shape index (κ1) is 14.9. The number of aliphatic hydroxyl groups is 2. The van der Waals surface area contributed by atoms with Crippen LogP contribution in [0.1, 0.15) is 17.3 Å². The number of nitrogens with one attached hydrogen (secondary N) is 1. The molecule has 0 unspecified atom stereocenters. The SMILES string of the molecule is CC(CO)(CO)Nc1ccc([N+](=O)[O-])c(C(=O)O)c1. The van der Waals surface area contributed by atoms with Crippen LogP contribution in [0.3, 0.4) is 0 Å². The van der Waals surface area contributed by atoms with Crippen LogP contribution in [0.5, 0.6) is 0 Å². The summed E-state index contributed by atoms with van der Waals surface area (Å²) >= 11 is 0. The normalized spacial score (nSPS) is 11.1. The van der Waals surface area contributed by atoms with E-state index in [0.29, 0.717) is 0 Å². The molecule has 0 aliphatic carbocycles. The van der Waals surface area contributed by atoms with Crippen molar-refractivity contribution in [2.75, 3.05) is 18.5 Å². The summed E-state index contributed by atoms with van der Waals surface area (Å²) in [4.78, 5) is 20.8. The highest BCUT2D eigenvalue weighted by molar-refractivity contribution is 5.93. The lowest BCUT2D eigenvalue weighted by Crippen LogP contribution is -2.42.